The van der Waals surface area contributed by atoms with Gasteiger partial charge < -0.3 is 9.31 Å². The van der Waals surface area contributed by atoms with E-state index in [4.69, 9.17) is 9.31 Å². The highest BCUT2D eigenvalue weighted by atomic mass is 16.7. The summed E-state index contributed by atoms with van der Waals surface area (Å²) in [7, 11) is -0.358. The Morgan fingerprint density at radius 3 is 2.30 bits per heavy atom. The van der Waals surface area contributed by atoms with E-state index in [0.717, 1.165) is 22.4 Å². The van der Waals surface area contributed by atoms with Crippen molar-refractivity contribution in [3.05, 3.63) is 60.6 Å². The molecule has 0 radical (unpaired) electrons. The zero-order valence-electron chi connectivity index (χ0n) is 16.1. The van der Waals surface area contributed by atoms with Crippen molar-refractivity contribution in [1.29, 1.82) is 0 Å². The second-order valence-electron chi connectivity index (χ2n) is 7.83. The fraction of sp³-hybridized carbons (Fsp3) is 0.350. The molecule has 0 aliphatic carbocycles. The Bertz CT molecular complexity index is 907. The van der Waals surface area contributed by atoms with Crippen molar-refractivity contribution >= 4 is 12.6 Å². The highest BCUT2D eigenvalue weighted by molar-refractivity contribution is 6.62. The van der Waals surface area contributed by atoms with Crippen LogP contribution in [0.15, 0.2) is 54.9 Å². The molecule has 0 amide bonds. The Morgan fingerprint density at radius 2 is 1.67 bits per heavy atom. The molecule has 0 bridgehead atoms. The van der Waals surface area contributed by atoms with Crippen molar-refractivity contribution in [2.45, 2.75) is 45.4 Å². The first kappa shape index (κ1) is 17.9. The lowest BCUT2D eigenvalue weighted by Crippen LogP contribution is -2.41. The van der Waals surface area contributed by atoms with Crippen molar-refractivity contribution in [2.75, 3.05) is 0 Å². The van der Waals surface area contributed by atoms with Crippen LogP contribution in [-0.4, -0.2) is 38.3 Å². The standard InChI is InChI=1S/C20H23BN4O2/c1-19(2)20(3,4)27-21(26-19)16-10-8-15(9-11-16)18-14-25(24-23-18)13-17-7-5-6-12-22-17/h5-12,14H,13H2,1-4H3. The molecule has 0 saturated carbocycles. The van der Waals surface area contributed by atoms with E-state index < -0.39 is 0 Å². The van der Waals surface area contributed by atoms with Gasteiger partial charge in [0.2, 0.25) is 0 Å². The van der Waals surface area contributed by atoms with Gasteiger partial charge in [-0.05, 0) is 45.3 Å². The van der Waals surface area contributed by atoms with E-state index >= 15 is 0 Å². The van der Waals surface area contributed by atoms with E-state index in [1.54, 1.807) is 10.9 Å². The van der Waals surface area contributed by atoms with Gasteiger partial charge in [0.05, 0.1) is 29.6 Å². The zero-order chi connectivity index (χ0) is 19.1. The minimum absolute atomic E-state index is 0.343. The summed E-state index contributed by atoms with van der Waals surface area (Å²) < 4.78 is 14.0. The molecule has 1 aromatic carbocycles. The summed E-state index contributed by atoms with van der Waals surface area (Å²) in [6, 6.07) is 13.9. The number of pyridine rings is 1. The largest absolute Gasteiger partial charge is 0.494 e. The zero-order valence-corrected chi connectivity index (χ0v) is 16.1. The lowest BCUT2D eigenvalue weighted by Gasteiger charge is -2.32. The van der Waals surface area contributed by atoms with E-state index in [1.165, 1.54) is 0 Å². The molecule has 138 valence electrons. The predicted molar refractivity (Wildman–Crippen MR) is 105 cm³/mol. The smallest absolute Gasteiger partial charge is 0.399 e. The van der Waals surface area contributed by atoms with Crippen LogP contribution in [0, 0.1) is 0 Å². The number of nitrogens with zero attached hydrogens (tertiary/aromatic N) is 4. The van der Waals surface area contributed by atoms with Gasteiger partial charge in [0, 0.05) is 11.8 Å². The van der Waals surface area contributed by atoms with Crippen molar-refractivity contribution in [2.24, 2.45) is 0 Å². The second kappa shape index (κ2) is 6.58. The molecule has 4 rings (SSSR count). The summed E-state index contributed by atoms with van der Waals surface area (Å²) in [6.07, 6.45) is 3.71. The molecule has 1 aliphatic heterocycles. The van der Waals surface area contributed by atoms with Gasteiger partial charge in [-0.1, -0.05) is 35.5 Å². The summed E-state index contributed by atoms with van der Waals surface area (Å²) >= 11 is 0. The third kappa shape index (κ3) is 3.52. The van der Waals surface area contributed by atoms with Crippen LogP contribution >= 0.6 is 0 Å². The predicted octanol–water partition coefficient (Wildman–Crippen LogP) is 2.69. The molecule has 3 aromatic rings. The normalized spacial score (nSPS) is 18.0. The molecule has 7 heteroatoms. The van der Waals surface area contributed by atoms with Gasteiger partial charge in [-0.25, -0.2) is 4.68 Å². The van der Waals surface area contributed by atoms with Crippen LogP contribution in [0.5, 0.6) is 0 Å². The van der Waals surface area contributed by atoms with Crippen LogP contribution in [0.1, 0.15) is 33.4 Å². The van der Waals surface area contributed by atoms with Crippen LogP contribution < -0.4 is 5.46 Å². The Balaban J connectivity index is 1.49. The van der Waals surface area contributed by atoms with Gasteiger partial charge in [0.1, 0.15) is 5.69 Å². The average molecular weight is 362 g/mol. The van der Waals surface area contributed by atoms with Gasteiger partial charge in [-0.3, -0.25) is 4.98 Å². The fourth-order valence-electron chi connectivity index (χ4n) is 2.96. The van der Waals surface area contributed by atoms with Crippen LogP contribution in [-0.2, 0) is 15.9 Å². The number of hydrogen-bond donors (Lipinski definition) is 0. The van der Waals surface area contributed by atoms with E-state index in [2.05, 4.69) is 43.0 Å². The summed E-state index contributed by atoms with van der Waals surface area (Å²) in [5.74, 6) is 0. The molecule has 1 fully saturated rings. The highest BCUT2D eigenvalue weighted by Crippen LogP contribution is 2.36. The molecule has 2 aromatic heterocycles. The first-order chi connectivity index (χ1) is 12.8. The molecular weight excluding hydrogens is 339 g/mol. The van der Waals surface area contributed by atoms with E-state index in [1.807, 2.05) is 48.7 Å². The lowest BCUT2D eigenvalue weighted by molar-refractivity contribution is 0.00578. The molecule has 1 aliphatic rings. The SMILES string of the molecule is CC1(C)OB(c2ccc(-c3cn(Cc4ccccn4)nn3)cc2)OC1(C)C. The van der Waals surface area contributed by atoms with E-state index in [0.29, 0.717) is 6.54 Å². The molecule has 0 spiro atoms. The van der Waals surface area contributed by atoms with Crippen molar-refractivity contribution in [3.63, 3.8) is 0 Å². The molecule has 6 nitrogen and oxygen atoms in total. The lowest BCUT2D eigenvalue weighted by atomic mass is 9.79. The van der Waals surface area contributed by atoms with E-state index in [9.17, 15) is 0 Å². The maximum atomic E-state index is 6.10. The van der Waals surface area contributed by atoms with E-state index in [-0.39, 0.29) is 18.3 Å². The Labute approximate surface area is 159 Å². The molecule has 0 unspecified atom stereocenters. The molecular formula is C20H23BN4O2. The van der Waals surface area contributed by atoms with Crippen molar-refractivity contribution in [1.82, 2.24) is 20.0 Å². The monoisotopic (exact) mass is 362 g/mol. The van der Waals surface area contributed by atoms with Crippen LogP contribution in [0.25, 0.3) is 11.3 Å². The maximum absolute atomic E-state index is 6.10. The quantitative estimate of drug-likeness (QED) is 0.668. The Morgan fingerprint density at radius 1 is 0.963 bits per heavy atom. The topological polar surface area (TPSA) is 62.1 Å². The van der Waals surface area contributed by atoms with Gasteiger partial charge >= 0.3 is 7.12 Å². The number of hydrogen-bond acceptors (Lipinski definition) is 5. The average Bonchev–Trinajstić information content (AvgIpc) is 3.18. The van der Waals surface area contributed by atoms with Gasteiger partial charge in [-0.15, -0.1) is 5.10 Å². The fourth-order valence-corrected chi connectivity index (χ4v) is 2.96. The third-order valence-corrected chi connectivity index (χ3v) is 5.32. The van der Waals surface area contributed by atoms with Crippen molar-refractivity contribution < 1.29 is 9.31 Å². The summed E-state index contributed by atoms with van der Waals surface area (Å²) in [5.41, 5.74) is 3.09. The van der Waals surface area contributed by atoms with Gasteiger partial charge in [-0.2, -0.15) is 0 Å². The molecule has 27 heavy (non-hydrogen) atoms. The van der Waals surface area contributed by atoms with Gasteiger partial charge in [0.15, 0.2) is 0 Å². The second-order valence-corrected chi connectivity index (χ2v) is 7.83. The Hall–Kier alpha value is -2.51. The molecule has 1 saturated heterocycles. The molecule has 0 atom stereocenters. The number of rotatable bonds is 4. The van der Waals surface area contributed by atoms with Crippen molar-refractivity contribution in [3.8, 4) is 11.3 Å². The van der Waals surface area contributed by atoms with Crippen LogP contribution in [0.4, 0.5) is 0 Å². The minimum Gasteiger partial charge on any atom is -0.399 e. The first-order valence-corrected chi connectivity index (χ1v) is 9.10. The first-order valence-electron chi connectivity index (χ1n) is 9.10. The molecule has 3 heterocycles. The summed E-state index contributed by atoms with van der Waals surface area (Å²) in [5, 5.41) is 8.48. The van der Waals surface area contributed by atoms with Gasteiger partial charge in [0.25, 0.3) is 0 Å². The summed E-state index contributed by atoms with van der Waals surface area (Å²) in [6.45, 7) is 8.82. The number of benzene rings is 1. The Kier molecular flexibility index (Phi) is 4.36. The summed E-state index contributed by atoms with van der Waals surface area (Å²) in [4.78, 5) is 4.32. The minimum atomic E-state index is -0.358. The molecule has 0 N–H and O–H groups in total. The highest BCUT2D eigenvalue weighted by Gasteiger charge is 2.51. The van der Waals surface area contributed by atoms with Crippen LogP contribution in [0.3, 0.4) is 0 Å². The third-order valence-electron chi connectivity index (χ3n) is 5.32. The van der Waals surface area contributed by atoms with Crippen LogP contribution in [0.2, 0.25) is 0 Å². The maximum Gasteiger partial charge on any atom is 0.494 e. The number of aromatic nitrogens is 4.